The van der Waals surface area contributed by atoms with Gasteiger partial charge in [-0.2, -0.15) is 0 Å². The van der Waals surface area contributed by atoms with Crippen molar-refractivity contribution in [2.24, 2.45) is 0 Å². The van der Waals surface area contributed by atoms with Crippen LogP contribution in [0.3, 0.4) is 0 Å². The first-order valence-electron chi connectivity index (χ1n) is 7.89. The van der Waals surface area contributed by atoms with Crippen LogP contribution >= 0.6 is 11.3 Å². The highest BCUT2D eigenvalue weighted by Gasteiger charge is 2.23. The second kappa shape index (κ2) is 7.76. The number of methoxy groups -OCH3 is 1. The number of benzene rings is 1. The Kier molecular flexibility index (Phi) is 5.92. The number of ether oxygens (including phenoxy) is 1. The Balaban J connectivity index is 2.13. The quantitative estimate of drug-likeness (QED) is 0.853. The lowest BCUT2D eigenvalue weighted by molar-refractivity contribution is -0.119. The molecule has 6 nitrogen and oxygen atoms in total. The molecule has 7 heteroatoms. The van der Waals surface area contributed by atoms with Crippen LogP contribution in [0.2, 0.25) is 0 Å². The van der Waals surface area contributed by atoms with Crippen LogP contribution in [0.5, 0.6) is 0 Å². The summed E-state index contributed by atoms with van der Waals surface area (Å²) < 4.78 is 4.78. The Morgan fingerprint density at radius 1 is 1.20 bits per heavy atom. The number of nitrogens with one attached hydrogen (secondary N) is 2. The van der Waals surface area contributed by atoms with Crippen molar-refractivity contribution in [1.82, 2.24) is 4.98 Å². The fourth-order valence-corrected chi connectivity index (χ4v) is 3.14. The molecule has 2 amide bonds. The van der Waals surface area contributed by atoms with Crippen LogP contribution in [0.1, 0.15) is 41.1 Å². The number of thiazole rings is 1. The van der Waals surface area contributed by atoms with Gasteiger partial charge in [-0.05, 0) is 25.1 Å². The molecule has 2 N–H and O–H groups in total. The molecule has 0 radical (unpaired) electrons. The summed E-state index contributed by atoms with van der Waals surface area (Å²) in [5.41, 5.74) is 1.82. The van der Waals surface area contributed by atoms with Crippen LogP contribution in [0.15, 0.2) is 24.3 Å². The molecular formula is C18H23N3O3S. The van der Waals surface area contributed by atoms with Gasteiger partial charge in [-0.1, -0.05) is 26.8 Å². The summed E-state index contributed by atoms with van der Waals surface area (Å²) in [4.78, 5) is 29.2. The van der Waals surface area contributed by atoms with Crippen molar-refractivity contribution in [2.75, 3.05) is 24.4 Å². The lowest BCUT2D eigenvalue weighted by Gasteiger charge is -2.13. The molecule has 134 valence electrons. The van der Waals surface area contributed by atoms with E-state index in [0.717, 1.165) is 10.7 Å². The van der Waals surface area contributed by atoms with Crippen molar-refractivity contribution in [3.8, 4) is 0 Å². The van der Waals surface area contributed by atoms with Crippen molar-refractivity contribution in [1.29, 1.82) is 0 Å². The maximum atomic E-state index is 12.6. The topological polar surface area (TPSA) is 80.3 Å². The lowest BCUT2D eigenvalue weighted by atomic mass is 9.98. The summed E-state index contributed by atoms with van der Waals surface area (Å²) in [6, 6.07) is 6.98. The summed E-state index contributed by atoms with van der Waals surface area (Å²) in [6.07, 6.45) is 0. The van der Waals surface area contributed by atoms with Gasteiger partial charge in [-0.15, -0.1) is 11.3 Å². The first kappa shape index (κ1) is 19.1. The first-order valence-corrected chi connectivity index (χ1v) is 8.70. The van der Waals surface area contributed by atoms with E-state index in [1.165, 1.54) is 18.4 Å². The van der Waals surface area contributed by atoms with Crippen LogP contribution < -0.4 is 10.6 Å². The van der Waals surface area contributed by atoms with Crippen LogP contribution in [0, 0.1) is 6.92 Å². The predicted octanol–water partition coefficient (Wildman–Crippen LogP) is 3.59. The summed E-state index contributed by atoms with van der Waals surface area (Å²) in [6.45, 7) is 8.02. The molecule has 0 unspecified atom stereocenters. The Hall–Kier alpha value is -2.25. The summed E-state index contributed by atoms with van der Waals surface area (Å²) in [5.74, 6) is -0.454. The minimum atomic E-state index is -0.251. The van der Waals surface area contributed by atoms with E-state index in [2.05, 4.69) is 36.4 Å². The highest BCUT2D eigenvalue weighted by atomic mass is 32.1. The molecule has 1 aromatic carbocycles. The van der Waals surface area contributed by atoms with E-state index in [1.807, 2.05) is 6.92 Å². The molecule has 0 spiro atoms. The van der Waals surface area contributed by atoms with Crippen molar-refractivity contribution >= 4 is 34.5 Å². The standard InChI is InChI=1S/C18H23N3O3S/c1-11-15(25-17(19-11)18(2,3)4)16(23)21-13-8-6-7-12(9-13)20-14(22)10-24-5/h6-9H,10H2,1-5H3,(H,20,22)(H,21,23). The molecule has 0 aliphatic heterocycles. The van der Waals surface area contributed by atoms with Gasteiger partial charge in [0.15, 0.2) is 0 Å². The van der Waals surface area contributed by atoms with Crippen molar-refractivity contribution < 1.29 is 14.3 Å². The third-order valence-electron chi connectivity index (χ3n) is 3.32. The molecule has 2 rings (SSSR count). The van der Waals surface area contributed by atoms with Crippen molar-refractivity contribution in [3.05, 3.63) is 39.8 Å². The predicted molar refractivity (Wildman–Crippen MR) is 100 cm³/mol. The normalized spacial score (nSPS) is 11.2. The average molecular weight is 361 g/mol. The zero-order chi connectivity index (χ0) is 18.6. The molecule has 2 aromatic rings. The molecular weight excluding hydrogens is 338 g/mol. The number of nitrogens with zero attached hydrogens (tertiary/aromatic N) is 1. The average Bonchev–Trinajstić information content (AvgIpc) is 2.90. The molecule has 1 aromatic heterocycles. The lowest BCUT2D eigenvalue weighted by Crippen LogP contribution is -2.17. The largest absolute Gasteiger partial charge is 0.375 e. The Bertz CT molecular complexity index is 778. The highest BCUT2D eigenvalue weighted by molar-refractivity contribution is 7.14. The van der Waals surface area contributed by atoms with Gasteiger partial charge in [0.1, 0.15) is 11.5 Å². The number of hydrogen-bond donors (Lipinski definition) is 2. The molecule has 0 aliphatic carbocycles. The summed E-state index contributed by atoms with van der Waals surface area (Å²) >= 11 is 1.41. The second-order valence-electron chi connectivity index (χ2n) is 6.70. The maximum Gasteiger partial charge on any atom is 0.267 e. The molecule has 0 saturated carbocycles. The summed E-state index contributed by atoms with van der Waals surface area (Å²) in [5, 5.41) is 6.49. The van der Waals surface area contributed by atoms with E-state index in [0.29, 0.717) is 16.3 Å². The van der Waals surface area contributed by atoms with E-state index in [-0.39, 0.29) is 23.8 Å². The van der Waals surface area contributed by atoms with E-state index in [9.17, 15) is 9.59 Å². The third-order valence-corrected chi connectivity index (χ3v) is 4.91. The van der Waals surface area contributed by atoms with Gasteiger partial charge in [0.05, 0.1) is 10.7 Å². The van der Waals surface area contributed by atoms with Crippen LogP contribution in [-0.4, -0.2) is 30.5 Å². The summed E-state index contributed by atoms with van der Waals surface area (Å²) in [7, 11) is 1.46. The Morgan fingerprint density at radius 2 is 1.84 bits per heavy atom. The van der Waals surface area contributed by atoms with Crippen LogP contribution in [0.25, 0.3) is 0 Å². The zero-order valence-corrected chi connectivity index (χ0v) is 15.9. The number of carbonyl (C=O) groups excluding carboxylic acids is 2. The number of amides is 2. The number of aryl methyl sites for hydroxylation is 1. The number of anilines is 2. The first-order chi connectivity index (χ1) is 11.7. The van der Waals surface area contributed by atoms with Gasteiger partial charge in [-0.3, -0.25) is 9.59 Å². The van der Waals surface area contributed by atoms with Crippen molar-refractivity contribution in [3.63, 3.8) is 0 Å². The van der Waals surface area contributed by atoms with Crippen LogP contribution in [0.4, 0.5) is 11.4 Å². The SMILES string of the molecule is COCC(=O)Nc1cccc(NC(=O)c2sc(C(C)(C)C)nc2C)c1. The fourth-order valence-electron chi connectivity index (χ4n) is 2.12. The highest BCUT2D eigenvalue weighted by Crippen LogP contribution is 2.29. The third kappa shape index (κ3) is 5.11. The molecule has 0 aliphatic rings. The molecule has 0 atom stereocenters. The van der Waals surface area contributed by atoms with Gasteiger partial charge in [0.25, 0.3) is 5.91 Å². The fraction of sp³-hybridized carbons (Fsp3) is 0.389. The Labute approximate surface area is 151 Å². The van der Waals surface area contributed by atoms with Crippen molar-refractivity contribution in [2.45, 2.75) is 33.1 Å². The minimum Gasteiger partial charge on any atom is -0.375 e. The van der Waals surface area contributed by atoms with Gasteiger partial charge in [-0.25, -0.2) is 4.98 Å². The second-order valence-corrected chi connectivity index (χ2v) is 7.70. The van der Waals surface area contributed by atoms with E-state index in [1.54, 1.807) is 24.3 Å². The van der Waals surface area contributed by atoms with E-state index < -0.39 is 0 Å². The molecule has 0 fully saturated rings. The number of hydrogen-bond acceptors (Lipinski definition) is 5. The monoisotopic (exact) mass is 361 g/mol. The molecule has 1 heterocycles. The molecule has 25 heavy (non-hydrogen) atoms. The number of aromatic nitrogens is 1. The number of rotatable bonds is 5. The van der Waals surface area contributed by atoms with E-state index >= 15 is 0 Å². The van der Waals surface area contributed by atoms with Crippen LogP contribution in [-0.2, 0) is 14.9 Å². The zero-order valence-electron chi connectivity index (χ0n) is 15.1. The van der Waals surface area contributed by atoms with Gasteiger partial charge in [0.2, 0.25) is 5.91 Å². The minimum absolute atomic E-state index is 0.0216. The van der Waals surface area contributed by atoms with Gasteiger partial charge >= 0.3 is 0 Å². The maximum absolute atomic E-state index is 12.6. The van der Waals surface area contributed by atoms with Gasteiger partial charge in [0, 0.05) is 23.9 Å². The smallest absolute Gasteiger partial charge is 0.267 e. The molecule has 0 bridgehead atoms. The Morgan fingerprint density at radius 3 is 2.40 bits per heavy atom. The van der Waals surface area contributed by atoms with E-state index in [4.69, 9.17) is 4.74 Å². The number of carbonyl (C=O) groups is 2. The van der Waals surface area contributed by atoms with Gasteiger partial charge < -0.3 is 15.4 Å². The molecule has 0 saturated heterocycles.